The number of rotatable bonds is 2. The average Bonchev–Trinajstić information content (AvgIpc) is 2.30. The Bertz CT molecular complexity index is 301. The van der Waals surface area contributed by atoms with E-state index in [1.807, 2.05) is 0 Å². The van der Waals surface area contributed by atoms with Crippen LogP contribution in [0.4, 0.5) is 0 Å². The highest BCUT2D eigenvalue weighted by Gasteiger charge is 2.21. The van der Waals surface area contributed by atoms with Crippen molar-refractivity contribution in [3.05, 3.63) is 33.4 Å². The summed E-state index contributed by atoms with van der Waals surface area (Å²) in [5, 5.41) is 0. The maximum Gasteiger partial charge on any atom is 0.0323 e. The molecule has 0 unspecified atom stereocenters. The fraction of sp³-hybridized carbons (Fsp3) is 0.538. The van der Waals surface area contributed by atoms with Crippen LogP contribution in [-0.4, -0.2) is 0 Å². The summed E-state index contributed by atoms with van der Waals surface area (Å²) >= 11 is 2.33. The van der Waals surface area contributed by atoms with Crippen LogP contribution in [-0.2, 0) is 0 Å². The van der Waals surface area contributed by atoms with E-state index in [0.29, 0.717) is 5.92 Å². The van der Waals surface area contributed by atoms with Crippen molar-refractivity contribution in [1.29, 1.82) is 0 Å². The van der Waals surface area contributed by atoms with Crippen LogP contribution in [0.2, 0.25) is 0 Å². The van der Waals surface area contributed by atoms with Crippen molar-refractivity contribution in [3.63, 3.8) is 0 Å². The minimum Gasteiger partial charge on any atom is -0.324 e. The predicted molar refractivity (Wildman–Crippen MR) is 72.7 cm³/mol. The maximum absolute atomic E-state index is 6.32. The number of hydrogen-bond donors (Lipinski definition) is 1. The number of hydrogen-bond acceptors (Lipinski definition) is 1. The highest BCUT2D eigenvalue weighted by Crippen LogP contribution is 2.32. The summed E-state index contributed by atoms with van der Waals surface area (Å²) in [6.07, 6.45) is 6.75. The van der Waals surface area contributed by atoms with Gasteiger partial charge in [-0.1, -0.05) is 31.4 Å². The molecule has 1 atom stereocenters. The lowest BCUT2D eigenvalue weighted by molar-refractivity contribution is 0.308. The van der Waals surface area contributed by atoms with Gasteiger partial charge >= 0.3 is 0 Å². The first-order chi connectivity index (χ1) is 7.27. The molecular formula is C13H18IN. The average molecular weight is 315 g/mol. The zero-order valence-electron chi connectivity index (χ0n) is 8.95. The van der Waals surface area contributed by atoms with Crippen LogP contribution in [0.1, 0.15) is 43.7 Å². The number of nitrogens with two attached hydrogens (primary N) is 1. The second-order valence-electron chi connectivity index (χ2n) is 4.48. The first kappa shape index (κ1) is 11.4. The van der Waals surface area contributed by atoms with Crippen LogP contribution in [0.15, 0.2) is 24.3 Å². The Morgan fingerprint density at radius 3 is 2.27 bits per heavy atom. The van der Waals surface area contributed by atoms with Gasteiger partial charge in [-0.2, -0.15) is 0 Å². The van der Waals surface area contributed by atoms with E-state index < -0.39 is 0 Å². The van der Waals surface area contributed by atoms with Crippen molar-refractivity contribution in [2.75, 3.05) is 0 Å². The largest absolute Gasteiger partial charge is 0.324 e. The Kier molecular flexibility index (Phi) is 4.03. The molecule has 2 rings (SSSR count). The second-order valence-corrected chi connectivity index (χ2v) is 5.72. The van der Waals surface area contributed by atoms with Gasteiger partial charge in [0.05, 0.1) is 0 Å². The van der Waals surface area contributed by atoms with Gasteiger partial charge in [0.15, 0.2) is 0 Å². The van der Waals surface area contributed by atoms with Crippen LogP contribution in [0.25, 0.3) is 0 Å². The van der Waals surface area contributed by atoms with Crippen LogP contribution >= 0.6 is 22.6 Å². The quantitative estimate of drug-likeness (QED) is 0.824. The molecule has 1 aliphatic carbocycles. The molecule has 0 heterocycles. The standard InChI is InChI=1S/C13H18IN/c14-12-8-6-11(7-9-12)13(15)10-4-2-1-3-5-10/h6-10,13H,1-5,15H2/t13-/m0/s1. The Hall–Kier alpha value is -0.0900. The summed E-state index contributed by atoms with van der Waals surface area (Å²) in [4.78, 5) is 0. The minimum atomic E-state index is 0.252. The van der Waals surface area contributed by atoms with Gasteiger partial charge in [0, 0.05) is 9.61 Å². The zero-order valence-corrected chi connectivity index (χ0v) is 11.1. The van der Waals surface area contributed by atoms with E-state index >= 15 is 0 Å². The molecule has 82 valence electrons. The molecule has 2 heteroatoms. The van der Waals surface area contributed by atoms with Gasteiger partial charge in [-0.05, 0) is 59.0 Å². The molecule has 1 aromatic rings. The van der Waals surface area contributed by atoms with E-state index in [-0.39, 0.29) is 6.04 Å². The van der Waals surface area contributed by atoms with E-state index in [1.54, 1.807) is 0 Å². The summed E-state index contributed by atoms with van der Waals surface area (Å²) in [6, 6.07) is 8.92. The third-order valence-electron chi connectivity index (χ3n) is 3.41. The highest BCUT2D eigenvalue weighted by atomic mass is 127. The monoisotopic (exact) mass is 315 g/mol. The van der Waals surface area contributed by atoms with Crippen LogP contribution < -0.4 is 5.73 Å². The number of halogens is 1. The van der Waals surface area contributed by atoms with Crippen LogP contribution in [0, 0.1) is 9.49 Å². The molecule has 1 saturated carbocycles. The normalized spacial score (nSPS) is 20.1. The first-order valence-electron chi connectivity index (χ1n) is 5.78. The highest BCUT2D eigenvalue weighted by molar-refractivity contribution is 14.1. The van der Waals surface area contributed by atoms with Crippen molar-refractivity contribution in [3.8, 4) is 0 Å². The SMILES string of the molecule is N[C@H](c1ccc(I)cc1)C1CCCCC1. The summed E-state index contributed by atoms with van der Waals surface area (Å²) in [6.45, 7) is 0. The van der Waals surface area contributed by atoms with E-state index in [2.05, 4.69) is 46.9 Å². The molecule has 1 fully saturated rings. The van der Waals surface area contributed by atoms with E-state index in [9.17, 15) is 0 Å². The Morgan fingerprint density at radius 2 is 1.67 bits per heavy atom. The lowest BCUT2D eigenvalue weighted by Crippen LogP contribution is -2.23. The van der Waals surface area contributed by atoms with Gasteiger partial charge in [-0.3, -0.25) is 0 Å². The maximum atomic E-state index is 6.32. The third kappa shape index (κ3) is 2.94. The topological polar surface area (TPSA) is 26.0 Å². The van der Waals surface area contributed by atoms with E-state index in [4.69, 9.17) is 5.73 Å². The second kappa shape index (κ2) is 5.30. The third-order valence-corrected chi connectivity index (χ3v) is 4.13. The molecule has 0 aromatic heterocycles. The van der Waals surface area contributed by atoms with Crippen molar-refractivity contribution in [2.24, 2.45) is 11.7 Å². The van der Waals surface area contributed by atoms with Gasteiger partial charge < -0.3 is 5.73 Å². The molecule has 0 radical (unpaired) electrons. The smallest absolute Gasteiger partial charge is 0.0323 e. The summed E-state index contributed by atoms with van der Waals surface area (Å²) in [7, 11) is 0. The van der Waals surface area contributed by atoms with Crippen molar-refractivity contribution >= 4 is 22.6 Å². The predicted octanol–water partition coefficient (Wildman–Crippen LogP) is 3.87. The van der Waals surface area contributed by atoms with Gasteiger partial charge in [0.25, 0.3) is 0 Å². The molecule has 0 saturated heterocycles. The molecule has 0 spiro atoms. The van der Waals surface area contributed by atoms with Crippen LogP contribution in [0.5, 0.6) is 0 Å². The molecular weight excluding hydrogens is 297 g/mol. The zero-order chi connectivity index (χ0) is 10.7. The van der Waals surface area contributed by atoms with Gasteiger partial charge in [-0.15, -0.1) is 0 Å². The van der Waals surface area contributed by atoms with E-state index in [0.717, 1.165) is 0 Å². The molecule has 1 nitrogen and oxygen atoms in total. The van der Waals surface area contributed by atoms with Crippen LogP contribution in [0.3, 0.4) is 0 Å². The molecule has 1 aliphatic rings. The minimum absolute atomic E-state index is 0.252. The summed E-state index contributed by atoms with van der Waals surface area (Å²) in [5.74, 6) is 0.707. The van der Waals surface area contributed by atoms with Gasteiger partial charge in [0.1, 0.15) is 0 Å². The van der Waals surface area contributed by atoms with Gasteiger partial charge in [0.2, 0.25) is 0 Å². The lowest BCUT2D eigenvalue weighted by Gasteiger charge is -2.27. The van der Waals surface area contributed by atoms with Crippen molar-refractivity contribution in [2.45, 2.75) is 38.1 Å². The summed E-state index contributed by atoms with van der Waals surface area (Å²) in [5.41, 5.74) is 7.63. The van der Waals surface area contributed by atoms with Crippen molar-refractivity contribution in [1.82, 2.24) is 0 Å². The summed E-state index contributed by atoms with van der Waals surface area (Å²) < 4.78 is 1.28. The molecule has 1 aromatic carbocycles. The molecule has 2 N–H and O–H groups in total. The number of benzene rings is 1. The molecule has 0 aliphatic heterocycles. The van der Waals surface area contributed by atoms with Gasteiger partial charge in [-0.25, -0.2) is 0 Å². The lowest BCUT2D eigenvalue weighted by atomic mass is 9.82. The molecule has 0 bridgehead atoms. The first-order valence-corrected chi connectivity index (χ1v) is 6.86. The van der Waals surface area contributed by atoms with E-state index in [1.165, 1.54) is 41.2 Å². The Morgan fingerprint density at radius 1 is 1.07 bits per heavy atom. The molecule has 0 amide bonds. The molecule has 15 heavy (non-hydrogen) atoms. The fourth-order valence-electron chi connectivity index (χ4n) is 2.45. The Balaban J connectivity index is 2.05. The fourth-order valence-corrected chi connectivity index (χ4v) is 2.81. The Labute approximate surface area is 106 Å². The van der Waals surface area contributed by atoms with Crippen molar-refractivity contribution < 1.29 is 0 Å².